The number of nitrogens with zero attached hydrogens (tertiary/aromatic N) is 1. The number of anilines is 1. The van der Waals surface area contributed by atoms with E-state index in [0.717, 1.165) is 23.8 Å². The Morgan fingerprint density at radius 3 is 2.48 bits per heavy atom. The van der Waals surface area contributed by atoms with E-state index in [2.05, 4.69) is 5.32 Å². The normalized spacial score (nSPS) is 12.0. The van der Waals surface area contributed by atoms with Gasteiger partial charge in [0.15, 0.2) is 11.5 Å². The first-order chi connectivity index (χ1) is 12.8. The molecule has 0 aliphatic rings. The third kappa shape index (κ3) is 5.40. The van der Waals surface area contributed by atoms with Gasteiger partial charge in [-0.25, -0.2) is 8.78 Å². The smallest absolute Gasteiger partial charge is 0.241 e. The zero-order chi connectivity index (χ0) is 20.0. The number of methoxy groups -OCH3 is 2. The Kier molecular flexibility index (Phi) is 7.12. The number of amides is 1. The molecule has 0 saturated carbocycles. The predicted octanol–water partition coefficient (Wildman–Crippen LogP) is 3.48. The second kappa shape index (κ2) is 9.32. The quantitative estimate of drug-likeness (QED) is 0.764. The maximum absolute atomic E-state index is 13.7. The van der Waals surface area contributed by atoms with Gasteiger partial charge in [-0.2, -0.15) is 0 Å². The van der Waals surface area contributed by atoms with Crippen LogP contribution in [0.2, 0.25) is 0 Å². The van der Waals surface area contributed by atoms with Crippen LogP contribution in [0.25, 0.3) is 0 Å². The highest BCUT2D eigenvalue weighted by Gasteiger charge is 2.19. The topological polar surface area (TPSA) is 50.8 Å². The molecule has 2 aromatic carbocycles. The number of rotatable bonds is 8. The number of ether oxygens (including phenoxy) is 2. The summed E-state index contributed by atoms with van der Waals surface area (Å²) < 4.78 is 37.4. The van der Waals surface area contributed by atoms with Gasteiger partial charge in [-0.15, -0.1) is 0 Å². The average Bonchev–Trinajstić information content (AvgIpc) is 2.67. The fourth-order valence-electron chi connectivity index (χ4n) is 2.57. The van der Waals surface area contributed by atoms with Gasteiger partial charge in [0.2, 0.25) is 5.91 Å². The maximum atomic E-state index is 13.7. The molecule has 2 rings (SSSR count). The number of carbonyl (C=O) groups excluding carboxylic acids is 1. The van der Waals surface area contributed by atoms with Crippen molar-refractivity contribution in [3.05, 3.63) is 53.6 Å². The molecule has 0 aliphatic carbocycles. The van der Waals surface area contributed by atoms with Crippen molar-refractivity contribution >= 4 is 11.6 Å². The molecule has 2 aromatic rings. The van der Waals surface area contributed by atoms with Gasteiger partial charge in [0.25, 0.3) is 0 Å². The van der Waals surface area contributed by atoms with Crippen LogP contribution in [0.3, 0.4) is 0 Å². The van der Waals surface area contributed by atoms with Crippen molar-refractivity contribution in [2.45, 2.75) is 19.4 Å². The summed E-state index contributed by atoms with van der Waals surface area (Å²) in [4.78, 5) is 14.2. The SMILES string of the molecule is COc1ccc(CCN(C)[C@H](C)C(=O)Nc2cc(F)ccc2F)cc1OC. The Hall–Kier alpha value is -2.67. The Morgan fingerprint density at radius 1 is 1.11 bits per heavy atom. The second-order valence-corrected chi connectivity index (χ2v) is 6.21. The number of hydrogen-bond acceptors (Lipinski definition) is 4. The van der Waals surface area contributed by atoms with Crippen molar-refractivity contribution in [1.82, 2.24) is 4.90 Å². The zero-order valence-electron chi connectivity index (χ0n) is 15.9. The molecule has 0 aromatic heterocycles. The molecule has 0 spiro atoms. The van der Waals surface area contributed by atoms with Crippen LogP contribution in [0.1, 0.15) is 12.5 Å². The lowest BCUT2D eigenvalue weighted by atomic mass is 10.1. The molecule has 0 bridgehead atoms. The minimum absolute atomic E-state index is 0.167. The van der Waals surface area contributed by atoms with E-state index in [9.17, 15) is 13.6 Å². The molecule has 0 heterocycles. The Bertz CT molecular complexity index is 799. The highest BCUT2D eigenvalue weighted by atomic mass is 19.1. The van der Waals surface area contributed by atoms with Gasteiger partial charge in [0.1, 0.15) is 11.6 Å². The van der Waals surface area contributed by atoms with Gasteiger partial charge in [0.05, 0.1) is 25.9 Å². The van der Waals surface area contributed by atoms with Crippen LogP contribution in [-0.4, -0.2) is 44.7 Å². The van der Waals surface area contributed by atoms with Crippen molar-refractivity contribution in [3.8, 4) is 11.5 Å². The van der Waals surface area contributed by atoms with Crippen LogP contribution in [0.15, 0.2) is 36.4 Å². The van der Waals surface area contributed by atoms with E-state index < -0.39 is 23.6 Å². The molecule has 146 valence electrons. The minimum atomic E-state index is -0.676. The van der Waals surface area contributed by atoms with Crippen molar-refractivity contribution in [2.75, 3.05) is 33.1 Å². The molecule has 0 fully saturated rings. The molecule has 1 atom stereocenters. The first-order valence-electron chi connectivity index (χ1n) is 8.52. The molecular formula is C20H24F2N2O3. The van der Waals surface area contributed by atoms with Gasteiger partial charge < -0.3 is 14.8 Å². The van der Waals surface area contributed by atoms with Gasteiger partial charge in [-0.1, -0.05) is 6.07 Å². The number of halogens is 2. The highest BCUT2D eigenvalue weighted by molar-refractivity contribution is 5.94. The fraction of sp³-hybridized carbons (Fsp3) is 0.350. The third-order valence-corrected chi connectivity index (χ3v) is 4.43. The van der Waals surface area contributed by atoms with Crippen molar-refractivity contribution in [2.24, 2.45) is 0 Å². The molecule has 5 nitrogen and oxygen atoms in total. The average molecular weight is 378 g/mol. The molecule has 7 heteroatoms. The molecule has 1 N–H and O–H groups in total. The Morgan fingerprint density at radius 2 is 1.81 bits per heavy atom. The van der Waals surface area contributed by atoms with Crippen molar-refractivity contribution in [1.29, 1.82) is 0 Å². The van der Waals surface area contributed by atoms with Crippen LogP contribution in [0.4, 0.5) is 14.5 Å². The van der Waals surface area contributed by atoms with Gasteiger partial charge >= 0.3 is 0 Å². The molecule has 0 radical (unpaired) electrons. The van der Waals surface area contributed by atoms with Crippen LogP contribution in [-0.2, 0) is 11.2 Å². The predicted molar refractivity (Wildman–Crippen MR) is 100 cm³/mol. The van der Waals surface area contributed by atoms with Crippen LogP contribution in [0, 0.1) is 11.6 Å². The van der Waals surface area contributed by atoms with E-state index in [1.165, 1.54) is 0 Å². The number of carbonyl (C=O) groups is 1. The van der Waals surface area contributed by atoms with E-state index in [-0.39, 0.29) is 5.69 Å². The Balaban J connectivity index is 1.95. The first-order valence-corrected chi connectivity index (χ1v) is 8.52. The van der Waals surface area contributed by atoms with E-state index in [1.54, 1.807) is 28.2 Å². The van der Waals surface area contributed by atoms with Gasteiger partial charge in [0, 0.05) is 12.6 Å². The summed E-state index contributed by atoms with van der Waals surface area (Å²) >= 11 is 0. The number of nitrogens with one attached hydrogen (secondary N) is 1. The third-order valence-electron chi connectivity index (χ3n) is 4.43. The number of benzene rings is 2. The molecule has 1 amide bonds. The molecule has 27 heavy (non-hydrogen) atoms. The first kappa shape index (κ1) is 20.6. The standard InChI is InChI=1S/C20H24F2N2O3/c1-13(20(25)23-17-12-15(21)6-7-16(17)22)24(2)10-9-14-5-8-18(26-3)19(11-14)27-4/h5-8,11-13H,9-10H2,1-4H3,(H,23,25)/t13-/m1/s1. The molecular weight excluding hydrogens is 354 g/mol. The summed E-state index contributed by atoms with van der Waals surface area (Å²) in [5, 5.41) is 2.43. The lowest BCUT2D eigenvalue weighted by Gasteiger charge is -2.24. The van der Waals surface area contributed by atoms with Gasteiger partial charge in [-0.3, -0.25) is 9.69 Å². The lowest BCUT2D eigenvalue weighted by Crippen LogP contribution is -2.40. The van der Waals surface area contributed by atoms with Crippen LogP contribution in [0.5, 0.6) is 11.5 Å². The summed E-state index contributed by atoms with van der Waals surface area (Å²) in [5.41, 5.74) is 0.864. The second-order valence-electron chi connectivity index (χ2n) is 6.21. The summed E-state index contributed by atoms with van der Waals surface area (Å²) in [6.07, 6.45) is 0.683. The number of likely N-dealkylation sites (N-methyl/N-ethyl adjacent to an activating group) is 1. The summed E-state index contributed by atoms with van der Waals surface area (Å²) in [5.74, 6) is -0.398. The van der Waals surface area contributed by atoms with Crippen LogP contribution >= 0.6 is 0 Å². The molecule has 0 saturated heterocycles. The highest BCUT2D eigenvalue weighted by Crippen LogP contribution is 2.27. The summed E-state index contributed by atoms with van der Waals surface area (Å²) in [6.45, 7) is 2.30. The van der Waals surface area contributed by atoms with E-state index in [0.29, 0.717) is 24.5 Å². The largest absolute Gasteiger partial charge is 0.493 e. The monoisotopic (exact) mass is 378 g/mol. The number of hydrogen-bond donors (Lipinski definition) is 1. The zero-order valence-corrected chi connectivity index (χ0v) is 15.9. The van der Waals surface area contributed by atoms with E-state index in [4.69, 9.17) is 9.47 Å². The molecule has 0 aliphatic heterocycles. The van der Waals surface area contributed by atoms with Crippen molar-refractivity contribution < 1.29 is 23.0 Å². The molecule has 0 unspecified atom stereocenters. The summed E-state index contributed by atoms with van der Waals surface area (Å²) in [6, 6.07) is 8.08. The summed E-state index contributed by atoms with van der Waals surface area (Å²) in [7, 11) is 4.95. The van der Waals surface area contributed by atoms with Gasteiger partial charge in [-0.05, 0) is 50.2 Å². The Labute approximate surface area is 157 Å². The minimum Gasteiger partial charge on any atom is -0.493 e. The van der Waals surface area contributed by atoms with Crippen molar-refractivity contribution in [3.63, 3.8) is 0 Å². The van der Waals surface area contributed by atoms with Crippen LogP contribution < -0.4 is 14.8 Å². The maximum Gasteiger partial charge on any atom is 0.241 e. The lowest BCUT2D eigenvalue weighted by molar-refractivity contribution is -0.120. The van der Waals surface area contributed by atoms with E-state index in [1.807, 2.05) is 23.1 Å². The fourth-order valence-corrected chi connectivity index (χ4v) is 2.57. The van der Waals surface area contributed by atoms with E-state index >= 15 is 0 Å².